The topological polar surface area (TPSA) is 15.3 Å². The van der Waals surface area contributed by atoms with E-state index in [-0.39, 0.29) is 0 Å². The van der Waals surface area contributed by atoms with Gasteiger partial charge in [0.25, 0.3) is 0 Å². The molecule has 1 N–H and O–H groups in total. The van der Waals surface area contributed by atoms with E-state index in [9.17, 15) is 0 Å². The highest BCUT2D eigenvalue weighted by molar-refractivity contribution is 4.87. The molecule has 0 aromatic carbocycles. The lowest BCUT2D eigenvalue weighted by Gasteiger charge is -2.44. The average Bonchev–Trinajstić information content (AvgIpc) is 2.38. The Balaban J connectivity index is 1.86. The summed E-state index contributed by atoms with van der Waals surface area (Å²) in [5, 5.41) is 3.65. The van der Waals surface area contributed by atoms with E-state index in [0.717, 1.165) is 18.0 Å². The van der Waals surface area contributed by atoms with Crippen LogP contribution in [0.2, 0.25) is 0 Å². The van der Waals surface area contributed by atoms with Gasteiger partial charge in [-0.05, 0) is 51.0 Å². The van der Waals surface area contributed by atoms with E-state index in [1.165, 1.54) is 58.0 Å². The Morgan fingerprint density at radius 1 is 1.06 bits per heavy atom. The van der Waals surface area contributed by atoms with E-state index in [0.29, 0.717) is 6.04 Å². The summed E-state index contributed by atoms with van der Waals surface area (Å²) in [5.41, 5.74) is 0. The Hall–Kier alpha value is -0.0800. The van der Waals surface area contributed by atoms with Crippen molar-refractivity contribution >= 4 is 0 Å². The molecule has 1 unspecified atom stereocenters. The van der Waals surface area contributed by atoms with Crippen molar-refractivity contribution in [2.24, 2.45) is 5.92 Å². The largest absolute Gasteiger partial charge is 0.313 e. The molecule has 18 heavy (non-hydrogen) atoms. The third-order valence-corrected chi connectivity index (χ3v) is 4.89. The Kier molecular flexibility index (Phi) is 5.50. The molecule has 0 aromatic rings. The van der Waals surface area contributed by atoms with Crippen LogP contribution in [0.5, 0.6) is 0 Å². The van der Waals surface area contributed by atoms with E-state index in [2.05, 4.69) is 31.0 Å². The molecule has 0 bridgehead atoms. The predicted octanol–water partition coefficient (Wildman–Crippen LogP) is 3.42. The van der Waals surface area contributed by atoms with Gasteiger partial charge in [-0.3, -0.25) is 4.90 Å². The second kappa shape index (κ2) is 6.91. The minimum absolute atomic E-state index is 0.625. The number of piperidine rings is 1. The van der Waals surface area contributed by atoms with Gasteiger partial charge in [0.2, 0.25) is 0 Å². The van der Waals surface area contributed by atoms with Gasteiger partial charge < -0.3 is 5.32 Å². The summed E-state index contributed by atoms with van der Waals surface area (Å²) in [6, 6.07) is 2.32. The maximum atomic E-state index is 3.65. The molecule has 1 atom stereocenters. The molecule has 1 saturated carbocycles. The average molecular weight is 252 g/mol. The SMILES string of the molecule is CC1CCC(N2CCCCC2CNC(C)C)CC1. The summed E-state index contributed by atoms with van der Waals surface area (Å²) >= 11 is 0. The van der Waals surface area contributed by atoms with E-state index < -0.39 is 0 Å². The standard InChI is InChI=1S/C16H32N2/c1-13(2)17-12-16-6-4-5-11-18(16)15-9-7-14(3)8-10-15/h13-17H,4-12H2,1-3H3. The summed E-state index contributed by atoms with van der Waals surface area (Å²) in [7, 11) is 0. The van der Waals surface area contributed by atoms with Crippen molar-refractivity contribution in [2.75, 3.05) is 13.1 Å². The van der Waals surface area contributed by atoms with E-state index in [1.807, 2.05) is 0 Å². The molecule has 2 rings (SSSR count). The summed E-state index contributed by atoms with van der Waals surface area (Å²) < 4.78 is 0. The quantitative estimate of drug-likeness (QED) is 0.825. The van der Waals surface area contributed by atoms with Gasteiger partial charge in [-0.2, -0.15) is 0 Å². The van der Waals surface area contributed by atoms with Crippen LogP contribution in [0.25, 0.3) is 0 Å². The normalized spacial score (nSPS) is 35.0. The van der Waals surface area contributed by atoms with Gasteiger partial charge in [-0.25, -0.2) is 0 Å². The van der Waals surface area contributed by atoms with Crippen molar-refractivity contribution in [1.82, 2.24) is 10.2 Å². The molecule has 106 valence electrons. The van der Waals surface area contributed by atoms with Crippen LogP contribution in [0.3, 0.4) is 0 Å². The van der Waals surface area contributed by atoms with Crippen LogP contribution < -0.4 is 5.32 Å². The summed E-state index contributed by atoms with van der Waals surface area (Å²) in [5.74, 6) is 0.971. The van der Waals surface area contributed by atoms with E-state index in [1.54, 1.807) is 0 Å². The zero-order valence-electron chi connectivity index (χ0n) is 12.6. The fourth-order valence-electron chi connectivity index (χ4n) is 3.67. The number of nitrogens with zero attached hydrogens (tertiary/aromatic N) is 1. The Morgan fingerprint density at radius 2 is 1.78 bits per heavy atom. The molecule has 2 aliphatic rings. The highest BCUT2D eigenvalue weighted by Crippen LogP contribution is 2.30. The molecule has 0 spiro atoms. The second-order valence-corrected chi connectivity index (χ2v) is 6.86. The van der Waals surface area contributed by atoms with Gasteiger partial charge in [-0.1, -0.05) is 27.2 Å². The van der Waals surface area contributed by atoms with Gasteiger partial charge in [0.15, 0.2) is 0 Å². The van der Waals surface area contributed by atoms with Crippen molar-refractivity contribution in [2.45, 2.75) is 83.8 Å². The zero-order valence-corrected chi connectivity index (χ0v) is 12.6. The maximum Gasteiger partial charge on any atom is 0.0223 e. The number of likely N-dealkylation sites (tertiary alicyclic amines) is 1. The van der Waals surface area contributed by atoms with Crippen molar-refractivity contribution in [1.29, 1.82) is 0 Å². The molecule has 0 radical (unpaired) electrons. The summed E-state index contributed by atoms with van der Waals surface area (Å²) in [6.45, 7) is 9.49. The molecule has 1 aliphatic heterocycles. The highest BCUT2D eigenvalue weighted by Gasteiger charge is 2.30. The first-order valence-electron chi connectivity index (χ1n) is 8.16. The van der Waals surface area contributed by atoms with Crippen LogP contribution in [0.15, 0.2) is 0 Å². The number of hydrogen-bond acceptors (Lipinski definition) is 2. The maximum absolute atomic E-state index is 3.65. The van der Waals surface area contributed by atoms with Crippen LogP contribution in [-0.2, 0) is 0 Å². The van der Waals surface area contributed by atoms with Gasteiger partial charge in [0.05, 0.1) is 0 Å². The van der Waals surface area contributed by atoms with Gasteiger partial charge in [0.1, 0.15) is 0 Å². The number of rotatable bonds is 4. The molecule has 2 fully saturated rings. The van der Waals surface area contributed by atoms with Crippen LogP contribution >= 0.6 is 0 Å². The molecule has 0 amide bonds. The summed E-state index contributed by atoms with van der Waals surface area (Å²) in [6.07, 6.45) is 10.1. The fourth-order valence-corrected chi connectivity index (χ4v) is 3.67. The van der Waals surface area contributed by atoms with Crippen LogP contribution in [0.1, 0.15) is 65.7 Å². The second-order valence-electron chi connectivity index (χ2n) is 6.86. The Labute approximate surface area is 114 Å². The minimum atomic E-state index is 0.625. The van der Waals surface area contributed by atoms with Gasteiger partial charge in [-0.15, -0.1) is 0 Å². The Bertz CT molecular complexity index is 231. The lowest BCUT2D eigenvalue weighted by atomic mass is 9.85. The third kappa shape index (κ3) is 3.96. The smallest absolute Gasteiger partial charge is 0.0223 e. The first-order valence-corrected chi connectivity index (χ1v) is 8.16. The van der Waals surface area contributed by atoms with Crippen LogP contribution in [-0.4, -0.2) is 36.1 Å². The number of hydrogen-bond donors (Lipinski definition) is 1. The van der Waals surface area contributed by atoms with Crippen molar-refractivity contribution in [3.05, 3.63) is 0 Å². The first-order chi connectivity index (χ1) is 8.66. The fraction of sp³-hybridized carbons (Fsp3) is 1.00. The molecule has 2 heteroatoms. The molecular formula is C16H32N2. The highest BCUT2D eigenvalue weighted by atomic mass is 15.2. The molecule has 0 aromatic heterocycles. The Morgan fingerprint density at radius 3 is 2.44 bits per heavy atom. The van der Waals surface area contributed by atoms with Crippen molar-refractivity contribution in [3.8, 4) is 0 Å². The minimum Gasteiger partial charge on any atom is -0.313 e. The molecule has 1 saturated heterocycles. The predicted molar refractivity (Wildman–Crippen MR) is 78.9 cm³/mol. The third-order valence-electron chi connectivity index (χ3n) is 4.89. The molecule has 2 nitrogen and oxygen atoms in total. The molecule has 1 aliphatic carbocycles. The van der Waals surface area contributed by atoms with E-state index >= 15 is 0 Å². The monoisotopic (exact) mass is 252 g/mol. The van der Waals surface area contributed by atoms with Crippen molar-refractivity contribution < 1.29 is 0 Å². The van der Waals surface area contributed by atoms with Gasteiger partial charge in [0, 0.05) is 24.7 Å². The lowest BCUT2D eigenvalue weighted by Crippen LogP contribution is -2.52. The van der Waals surface area contributed by atoms with Gasteiger partial charge >= 0.3 is 0 Å². The summed E-state index contributed by atoms with van der Waals surface area (Å²) in [4.78, 5) is 2.85. The lowest BCUT2D eigenvalue weighted by molar-refractivity contribution is 0.0632. The molecular weight excluding hydrogens is 220 g/mol. The van der Waals surface area contributed by atoms with E-state index in [4.69, 9.17) is 0 Å². The zero-order chi connectivity index (χ0) is 13.0. The van der Waals surface area contributed by atoms with Crippen LogP contribution in [0.4, 0.5) is 0 Å². The first kappa shape index (κ1) is 14.3. The number of nitrogens with one attached hydrogen (secondary N) is 1. The van der Waals surface area contributed by atoms with Crippen LogP contribution in [0, 0.1) is 5.92 Å². The van der Waals surface area contributed by atoms with Crippen molar-refractivity contribution in [3.63, 3.8) is 0 Å². The molecule has 1 heterocycles.